The molecule has 2 unspecified atom stereocenters. The van der Waals surface area contributed by atoms with E-state index in [1.54, 1.807) is 0 Å². The molecule has 0 spiro atoms. The lowest BCUT2D eigenvalue weighted by atomic mass is 10.1. The van der Waals surface area contributed by atoms with E-state index < -0.39 is 17.2 Å². The van der Waals surface area contributed by atoms with E-state index in [1.807, 2.05) is 0 Å². The fourth-order valence-corrected chi connectivity index (χ4v) is 2.66. The van der Waals surface area contributed by atoms with Gasteiger partial charge in [-0.15, -0.1) is 0 Å². The van der Waals surface area contributed by atoms with Crippen LogP contribution in [0.15, 0.2) is 6.07 Å². The summed E-state index contributed by atoms with van der Waals surface area (Å²) in [5.41, 5.74) is -1.04. The minimum absolute atomic E-state index is 0.0189. The Bertz CT molecular complexity index is 507. The summed E-state index contributed by atoms with van der Waals surface area (Å²) in [7, 11) is 0. The van der Waals surface area contributed by atoms with Gasteiger partial charge in [-0.3, -0.25) is 0 Å². The largest absolute Gasteiger partial charge is 0.433 e. The quantitative estimate of drug-likeness (QED) is 0.872. The summed E-state index contributed by atoms with van der Waals surface area (Å²) >= 11 is 5.56. The van der Waals surface area contributed by atoms with Gasteiger partial charge in [-0.25, -0.2) is 9.97 Å². The van der Waals surface area contributed by atoms with Crippen molar-refractivity contribution in [2.24, 2.45) is 5.92 Å². The molecule has 0 amide bonds. The zero-order valence-electron chi connectivity index (χ0n) is 10.5. The molecule has 2 heterocycles. The number of hydrogen-bond acceptors (Lipinski definition) is 4. The second-order valence-electron chi connectivity index (χ2n) is 5.12. The van der Waals surface area contributed by atoms with E-state index in [-0.39, 0.29) is 18.0 Å². The van der Waals surface area contributed by atoms with Gasteiger partial charge < -0.3 is 10.1 Å². The molecule has 2 fully saturated rings. The summed E-state index contributed by atoms with van der Waals surface area (Å²) in [6.07, 6.45) is -1.50. The normalized spacial score (nSPS) is 26.8. The molecule has 110 valence electrons. The van der Waals surface area contributed by atoms with Crippen molar-refractivity contribution in [3.63, 3.8) is 0 Å². The van der Waals surface area contributed by atoms with E-state index in [1.165, 1.54) is 0 Å². The van der Waals surface area contributed by atoms with Gasteiger partial charge in [0.2, 0.25) is 5.28 Å². The molecule has 0 bridgehead atoms. The van der Waals surface area contributed by atoms with Gasteiger partial charge in [-0.1, -0.05) is 0 Å². The number of anilines is 1. The molecule has 0 aromatic carbocycles. The van der Waals surface area contributed by atoms with E-state index in [2.05, 4.69) is 15.3 Å². The molecule has 0 radical (unpaired) electrons. The Labute approximate surface area is 118 Å². The van der Waals surface area contributed by atoms with Crippen molar-refractivity contribution in [3.8, 4) is 0 Å². The zero-order valence-corrected chi connectivity index (χ0v) is 11.2. The first kappa shape index (κ1) is 13.9. The Morgan fingerprint density at radius 2 is 2.00 bits per heavy atom. The highest BCUT2D eigenvalue weighted by Crippen LogP contribution is 2.39. The molecular formula is C12H13ClF3N3O. The predicted molar refractivity (Wildman–Crippen MR) is 66.5 cm³/mol. The van der Waals surface area contributed by atoms with Crippen LogP contribution < -0.4 is 5.32 Å². The van der Waals surface area contributed by atoms with Crippen molar-refractivity contribution >= 4 is 17.4 Å². The first-order valence-electron chi connectivity index (χ1n) is 6.43. The van der Waals surface area contributed by atoms with E-state index in [4.69, 9.17) is 16.3 Å². The Morgan fingerprint density at radius 3 is 2.65 bits per heavy atom. The maximum absolute atomic E-state index is 12.7. The number of nitrogens with zero attached hydrogens (tertiary/aromatic N) is 2. The van der Waals surface area contributed by atoms with Crippen molar-refractivity contribution in [1.29, 1.82) is 0 Å². The second kappa shape index (κ2) is 5.04. The molecule has 1 saturated carbocycles. The molecule has 1 saturated heterocycles. The lowest BCUT2D eigenvalue weighted by Crippen LogP contribution is -2.31. The highest BCUT2D eigenvalue weighted by Gasteiger charge is 2.41. The minimum atomic E-state index is -4.54. The van der Waals surface area contributed by atoms with Crippen LogP contribution in [-0.2, 0) is 10.9 Å². The van der Waals surface area contributed by atoms with Crippen molar-refractivity contribution in [3.05, 3.63) is 17.0 Å². The summed E-state index contributed by atoms with van der Waals surface area (Å²) < 4.78 is 43.7. The first-order valence-corrected chi connectivity index (χ1v) is 6.81. The van der Waals surface area contributed by atoms with Crippen LogP contribution in [0, 0.1) is 5.92 Å². The lowest BCUT2D eigenvalue weighted by molar-refractivity contribution is -0.141. The number of halogens is 4. The van der Waals surface area contributed by atoms with E-state index in [0.717, 1.165) is 25.3 Å². The van der Waals surface area contributed by atoms with E-state index >= 15 is 0 Å². The molecule has 1 N–H and O–H groups in total. The molecule has 2 aliphatic rings. The number of rotatable bonds is 3. The Hall–Kier alpha value is -1.08. The Balaban J connectivity index is 1.78. The third-order valence-electron chi connectivity index (χ3n) is 3.54. The molecule has 1 aliphatic carbocycles. The zero-order chi connectivity index (χ0) is 14.3. The fourth-order valence-electron chi connectivity index (χ4n) is 2.48. The van der Waals surface area contributed by atoms with Crippen molar-refractivity contribution in [2.75, 3.05) is 11.9 Å². The van der Waals surface area contributed by atoms with Crippen LogP contribution in [-0.4, -0.2) is 28.7 Å². The lowest BCUT2D eigenvalue weighted by Gasteiger charge is -2.20. The van der Waals surface area contributed by atoms with Gasteiger partial charge in [0.15, 0.2) is 5.69 Å². The fraction of sp³-hybridized carbons (Fsp3) is 0.667. The first-order chi connectivity index (χ1) is 9.43. The number of ether oxygens (including phenoxy) is 1. The van der Waals surface area contributed by atoms with E-state index in [9.17, 15) is 13.2 Å². The summed E-state index contributed by atoms with van der Waals surface area (Å²) in [5, 5.41) is 2.59. The van der Waals surface area contributed by atoms with Crippen molar-refractivity contribution in [1.82, 2.24) is 9.97 Å². The SMILES string of the molecule is FC(F)(F)c1cc(NC2CCOC2C2CC2)nc(Cl)n1. The summed E-state index contributed by atoms with van der Waals surface area (Å²) in [5.74, 6) is 0.605. The molecule has 1 aromatic rings. The minimum Gasteiger partial charge on any atom is -0.376 e. The summed E-state index contributed by atoms with van der Waals surface area (Å²) in [6, 6.07) is 0.864. The average molecular weight is 308 g/mol. The highest BCUT2D eigenvalue weighted by molar-refractivity contribution is 6.28. The van der Waals surface area contributed by atoms with Gasteiger partial charge in [-0.05, 0) is 36.8 Å². The number of hydrogen-bond donors (Lipinski definition) is 1. The van der Waals surface area contributed by atoms with Gasteiger partial charge in [0.25, 0.3) is 0 Å². The molecule has 2 atom stereocenters. The highest BCUT2D eigenvalue weighted by atomic mass is 35.5. The monoisotopic (exact) mass is 307 g/mol. The van der Waals surface area contributed by atoms with Gasteiger partial charge in [0.1, 0.15) is 5.82 Å². The van der Waals surface area contributed by atoms with Crippen LogP contribution in [0.5, 0.6) is 0 Å². The smallest absolute Gasteiger partial charge is 0.376 e. The Morgan fingerprint density at radius 1 is 1.25 bits per heavy atom. The van der Waals surface area contributed by atoms with E-state index in [0.29, 0.717) is 12.5 Å². The topological polar surface area (TPSA) is 47.0 Å². The second-order valence-corrected chi connectivity index (χ2v) is 5.46. The van der Waals surface area contributed by atoms with Crippen LogP contribution in [0.1, 0.15) is 25.0 Å². The molecule has 1 aromatic heterocycles. The predicted octanol–water partition coefficient (Wildman–Crippen LogP) is 3.13. The van der Waals surface area contributed by atoms with Crippen LogP contribution >= 0.6 is 11.6 Å². The van der Waals surface area contributed by atoms with Crippen molar-refractivity contribution in [2.45, 2.75) is 37.6 Å². The van der Waals surface area contributed by atoms with Crippen LogP contribution in [0.2, 0.25) is 5.28 Å². The molecule has 8 heteroatoms. The summed E-state index contributed by atoms with van der Waals surface area (Å²) in [6.45, 7) is 0.615. The van der Waals surface area contributed by atoms with Gasteiger partial charge >= 0.3 is 6.18 Å². The van der Waals surface area contributed by atoms with Gasteiger partial charge in [-0.2, -0.15) is 13.2 Å². The molecule has 20 heavy (non-hydrogen) atoms. The molecular weight excluding hydrogens is 295 g/mol. The van der Waals surface area contributed by atoms with Crippen LogP contribution in [0.4, 0.5) is 19.0 Å². The number of aromatic nitrogens is 2. The van der Waals surface area contributed by atoms with Gasteiger partial charge in [0, 0.05) is 12.7 Å². The standard InChI is InChI=1S/C12H13ClF3N3O/c13-11-18-8(12(14,15)16)5-9(19-11)17-7-3-4-20-10(7)6-1-2-6/h5-7,10H,1-4H2,(H,17,18,19). The van der Waals surface area contributed by atoms with Gasteiger partial charge in [0.05, 0.1) is 12.1 Å². The van der Waals surface area contributed by atoms with Crippen LogP contribution in [0.3, 0.4) is 0 Å². The molecule has 3 rings (SSSR count). The van der Waals surface area contributed by atoms with Crippen molar-refractivity contribution < 1.29 is 17.9 Å². The third kappa shape index (κ3) is 2.98. The summed E-state index contributed by atoms with van der Waals surface area (Å²) in [4.78, 5) is 7.02. The number of alkyl halides is 3. The molecule has 1 aliphatic heterocycles. The maximum atomic E-state index is 12.7. The Kier molecular flexibility index (Phi) is 3.50. The number of nitrogens with one attached hydrogen (secondary N) is 1. The average Bonchev–Trinajstić information content (AvgIpc) is 3.09. The molecule has 4 nitrogen and oxygen atoms in total. The maximum Gasteiger partial charge on any atom is 0.433 e. The third-order valence-corrected chi connectivity index (χ3v) is 3.71. The van der Waals surface area contributed by atoms with Crippen LogP contribution in [0.25, 0.3) is 0 Å².